The van der Waals surface area contributed by atoms with Crippen LogP contribution in [0.4, 0.5) is 5.69 Å². The summed E-state index contributed by atoms with van der Waals surface area (Å²) in [5.74, 6) is -0.961. The number of non-ortho nitro benzene ring substituents is 1. The first-order chi connectivity index (χ1) is 15.4. The van der Waals surface area contributed by atoms with Crippen molar-refractivity contribution in [1.82, 2.24) is 10.6 Å². The van der Waals surface area contributed by atoms with Gasteiger partial charge in [-0.15, -0.1) is 0 Å². The number of nitro benzene ring substituents is 1. The predicted octanol–water partition coefficient (Wildman–Crippen LogP) is 4.49. The van der Waals surface area contributed by atoms with E-state index in [9.17, 15) is 19.7 Å². The van der Waals surface area contributed by atoms with Crippen molar-refractivity contribution in [1.29, 1.82) is 0 Å². The Hall–Kier alpha value is -3.78. The van der Waals surface area contributed by atoms with Gasteiger partial charge in [-0.25, -0.2) is 0 Å². The summed E-state index contributed by atoms with van der Waals surface area (Å²) in [6.45, 7) is 0.363. The molecule has 0 aliphatic heterocycles. The lowest BCUT2D eigenvalue weighted by molar-refractivity contribution is -0.384. The maximum absolute atomic E-state index is 12.9. The third-order valence-corrected chi connectivity index (χ3v) is 5.01. The average molecular weight is 494 g/mol. The van der Waals surface area contributed by atoms with Crippen LogP contribution in [0.2, 0.25) is 0 Å². The largest absolute Gasteiger partial charge is 0.350 e. The molecule has 0 saturated heterocycles. The monoisotopic (exact) mass is 493 g/mol. The first-order valence-electron chi connectivity index (χ1n) is 9.77. The summed E-state index contributed by atoms with van der Waals surface area (Å²) in [6, 6.07) is 22.3. The molecule has 0 spiro atoms. The molecule has 32 heavy (non-hydrogen) atoms. The Morgan fingerprint density at radius 2 is 1.72 bits per heavy atom. The highest BCUT2D eigenvalue weighted by atomic mass is 79.9. The van der Waals surface area contributed by atoms with E-state index in [1.165, 1.54) is 24.3 Å². The van der Waals surface area contributed by atoms with E-state index in [0.29, 0.717) is 24.1 Å². The summed E-state index contributed by atoms with van der Waals surface area (Å²) in [5, 5.41) is 16.5. The molecule has 162 valence electrons. The Morgan fingerprint density at radius 1 is 0.969 bits per heavy atom. The van der Waals surface area contributed by atoms with E-state index in [-0.39, 0.29) is 11.4 Å². The molecule has 8 heteroatoms. The zero-order valence-electron chi connectivity index (χ0n) is 17.0. The lowest BCUT2D eigenvalue weighted by Gasteiger charge is -2.12. The Morgan fingerprint density at radius 3 is 2.44 bits per heavy atom. The number of halogens is 1. The summed E-state index contributed by atoms with van der Waals surface area (Å²) < 4.78 is 0.724. The van der Waals surface area contributed by atoms with Crippen molar-refractivity contribution >= 4 is 39.5 Å². The van der Waals surface area contributed by atoms with Crippen LogP contribution in [0.5, 0.6) is 0 Å². The first kappa shape index (κ1) is 22.9. The van der Waals surface area contributed by atoms with E-state index in [0.717, 1.165) is 10.0 Å². The van der Waals surface area contributed by atoms with E-state index in [1.807, 2.05) is 30.3 Å². The van der Waals surface area contributed by atoms with Crippen LogP contribution in [0, 0.1) is 10.1 Å². The molecule has 7 nitrogen and oxygen atoms in total. The molecule has 0 saturated carbocycles. The standard InChI is InChI=1S/C24H20BrN3O4/c25-20-10-5-9-19(16-20)23(29)27-22(15-18-8-4-11-21(14-18)28(31)32)24(30)26-13-12-17-6-2-1-3-7-17/h1-11,14-16H,12-13H2,(H,26,30)(H,27,29). The summed E-state index contributed by atoms with van der Waals surface area (Å²) >= 11 is 3.32. The Bertz CT molecular complexity index is 1160. The third-order valence-electron chi connectivity index (χ3n) is 4.51. The van der Waals surface area contributed by atoms with Crippen LogP contribution in [-0.2, 0) is 11.2 Å². The van der Waals surface area contributed by atoms with E-state index >= 15 is 0 Å². The highest BCUT2D eigenvalue weighted by Crippen LogP contribution is 2.16. The van der Waals surface area contributed by atoms with Crippen molar-refractivity contribution in [2.24, 2.45) is 0 Å². The fraction of sp³-hybridized carbons (Fsp3) is 0.0833. The van der Waals surface area contributed by atoms with Gasteiger partial charge in [0, 0.05) is 28.7 Å². The number of carbonyl (C=O) groups is 2. The highest BCUT2D eigenvalue weighted by molar-refractivity contribution is 9.10. The molecule has 3 rings (SSSR count). The number of carbonyl (C=O) groups excluding carboxylic acids is 2. The van der Waals surface area contributed by atoms with Crippen LogP contribution in [-0.4, -0.2) is 23.3 Å². The molecule has 0 heterocycles. The minimum atomic E-state index is -0.517. The highest BCUT2D eigenvalue weighted by Gasteiger charge is 2.15. The van der Waals surface area contributed by atoms with Gasteiger partial charge in [-0.3, -0.25) is 19.7 Å². The van der Waals surface area contributed by atoms with Crippen LogP contribution >= 0.6 is 15.9 Å². The van der Waals surface area contributed by atoms with Gasteiger partial charge in [0.25, 0.3) is 17.5 Å². The molecule has 0 radical (unpaired) electrons. The van der Waals surface area contributed by atoms with E-state index in [2.05, 4.69) is 26.6 Å². The lowest BCUT2D eigenvalue weighted by Crippen LogP contribution is -2.35. The van der Waals surface area contributed by atoms with Crippen molar-refractivity contribution in [2.75, 3.05) is 6.54 Å². The van der Waals surface area contributed by atoms with E-state index < -0.39 is 16.7 Å². The molecule has 0 bridgehead atoms. The minimum absolute atomic E-state index is 0.0106. The third kappa shape index (κ3) is 6.61. The molecule has 0 aromatic heterocycles. The molecule has 2 amide bonds. The maximum Gasteiger partial charge on any atom is 0.270 e. The van der Waals surface area contributed by atoms with Crippen molar-refractivity contribution in [2.45, 2.75) is 6.42 Å². The molecule has 2 N–H and O–H groups in total. The van der Waals surface area contributed by atoms with Crippen LogP contribution in [0.15, 0.2) is 89.0 Å². The number of benzene rings is 3. The number of hydrogen-bond donors (Lipinski definition) is 2. The molecule has 3 aromatic carbocycles. The van der Waals surface area contributed by atoms with Gasteiger partial charge in [-0.1, -0.05) is 64.5 Å². The maximum atomic E-state index is 12.9. The van der Waals surface area contributed by atoms with Crippen molar-refractivity contribution in [3.63, 3.8) is 0 Å². The van der Waals surface area contributed by atoms with Gasteiger partial charge in [-0.05, 0) is 41.8 Å². The van der Waals surface area contributed by atoms with Gasteiger partial charge in [0.05, 0.1) is 4.92 Å². The lowest BCUT2D eigenvalue weighted by atomic mass is 10.1. The smallest absolute Gasteiger partial charge is 0.270 e. The number of nitrogens with one attached hydrogen (secondary N) is 2. The number of nitrogens with zero attached hydrogens (tertiary/aromatic N) is 1. The number of amides is 2. The SMILES string of the molecule is O=C(NCCc1ccccc1)C(=Cc1cccc([N+](=O)[O-])c1)NC(=O)c1cccc(Br)c1. The fourth-order valence-corrected chi connectivity index (χ4v) is 3.34. The molecular formula is C24H20BrN3O4. The second-order valence-electron chi connectivity index (χ2n) is 6.87. The molecule has 0 aliphatic rings. The molecule has 0 fully saturated rings. The second kappa shape index (κ2) is 11.0. The van der Waals surface area contributed by atoms with Gasteiger partial charge in [0.15, 0.2) is 0 Å². The number of nitro groups is 1. The normalized spacial score (nSPS) is 11.0. The summed E-state index contributed by atoms with van der Waals surface area (Å²) in [6.07, 6.45) is 2.04. The zero-order chi connectivity index (χ0) is 22.9. The topological polar surface area (TPSA) is 101 Å². The van der Waals surface area contributed by atoms with Crippen molar-refractivity contribution in [3.8, 4) is 0 Å². The molecule has 0 atom stereocenters. The van der Waals surface area contributed by atoms with E-state index in [4.69, 9.17) is 0 Å². The van der Waals surface area contributed by atoms with Gasteiger partial charge < -0.3 is 10.6 Å². The number of rotatable bonds is 8. The molecular weight excluding hydrogens is 474 g/mol. The van der Waals surface area contributed by atoms with Crippen molar-refractivity contribution in [3.05, 3.63) is 116 Å². The van der Waals surface area contributed by atoms with E-state index in [1.54, 1.807) is 30.3 Å². The molecule has 0 aliphatic carbocycles. The van der Waals surface area contributed by atoms with Gasteiger partial charge in [0.2, 0.25) is 0 Å². The first-order valence-corrected chi connectivity index (χ1v) is 10.6. The van der Waals surface area contributed by atoms with Crippen molar-refractivity contribution < 1.29 is 14.5 Å². The van der Waals surface area contributed by atoms with Crippen LogP contribution < -0.4 is 10.6 Å². The molecule has 3 aromatic rings. The second-order valence-corrected chi connectivity index (χ2v) is 7.78. The van der Waals surface area contributed by atoms with Crippen LogP contribution in [0.25, 0.3) is 6.08 Å². The average Bonchev–Trinajstić information content (AvgIpc) is 2.79. The fourth-order valence-electron chi connectivity index (χ4n) is 2.94. The van der Waals surface area contributed by atoms with Gasteiger partial charge in [-0.2, -0.15) is 0 Å². The quantitative estimate of drug-likeness (QED) is 0.274. The summed E-state index contributed by atoms with van der Waals surface area (Å²) in [5.41, 5.74) is 1.72. The molecule has 0 unspecified atom stereocenters. The van der Waals surface area contributed by atoms with Crippen LogP contribution in [0.3, 0.4) is 0 Å². The van der Waals surface area contributed by atoms with Crippen LogP contribution in [0.1, 0.15) is 21.5 Å². The Kier molecular flexibility index (Phi) is 7.88. The zero-order valence-corrected chi connectivity index (χ0v) is 18.5. The van der Waals surface area contributed by atoms with Gasteiger partial charge in [0.1, 0.15) is 5.70 Å². The predicted molar refractivity (Wildman–Crippen MR) is 126 cm³/mol. The minimum Gasteiger partial charge on any atom is -0.350 e. The van der Waals surface area contributed by atoms with Gasteiger partial charge >= 0.3 is 0 Å². The number of hydrogen-bond acceptors (Lipinski definition) is 4. The summed E-state index contributed by atoms with van der Waals surface area (Å²) in [4.78, 5) is 36.1. The Balaban J connectivity index is 1.81. The Labute approximate surface area is 193 Å². The summed E-state index contributed by atoms with van der Waals surface area (Å²) in [7, 11) is 0.